The molecule has 0 saturated carbocycles. The standard InChI is InChI=1S/C83H142O17P2/c1-5-9-13-17-21-25-29-32-35-37-38-40-43-45-49-52-56-60-64-68-80(85)93-73-78(99-82(87)69-65-61-57-53-47-28-24-20-16-12-8-4)75-97-101(89,90)95-71-77(84)72-96-102(91,92)98-76-79(100-83(88)70-66-62-58-54-50-46-41-34-31-27-23-19-15-11-7-3)74-94-81(86)67-63-59-55-51-48-44-42-39-36-33-30-26-22-18-14-10-6-2/h9-10,13-14,21-23,25-27,32-36,38,40-42,44,77-79,84H,5-8,11-12,15-20,24,28-31,37,39,43,45-76H2,1-4H3,(H,89,90)(H,91,92)/b13-9-,14-10-,25-21-,26-22-,27-23-,35-32-,36-33-,40-38-,41-34-,44-42-. The molecule has 0 aromatic carbocycles. The van der Waals surface area contributed by atoms with Crippen LogP contribution >= 0.6 is 15.6 Å². The van der Waals surface area contributed by atoms with E-state index < -0.39 is 97.5 Å². The van der Waals surface area contributed by atoms with E-state index in [0.29, 0.717) is 25.7 Å². The molecule has 0 aromatic rings. The molecule has 19 heteroatoms. The molecule has 5 atom stereocenters. The van der Waals surface area contributed by atoms with E-state index in [9.17, 15) is 43.2 Å². The van der Waals surface area contributed by atoms with E-state index in [1.54, 1.807) is 0 Å². The molecule has 0 spiro atoms. The second-order valence-electron chi connectivity index (χ2n) is 26.2. The topological polar surface area (TPSA) is 237 Å². The minimum absolute atomic E-state index is 0.0718. The average Bonchev–Trinajstić information content (AvgIpc) is 0.926. The molecule has 0 aliphatic carbocycles. The van der Waals surface area contributed by atoms with Crippen molar-refractivity contribution in [1.29, 1.82) is 0 Å². The largest absolute Gasteiger partial charge is 0.472 e. The highest BCUT2D eigenvalue weighted by Gasteiger charge is 2.30. The Balaban J connectivity index is 5.35. The van der Waals surface area contributed by atoms with Gasteiger partial charge in [-0.05, 0) is 135 Å². The molecule has 586 valence electrons. The summed E-state index contributed by atoms with van der Waals surface area (Å²) in [6, 6.07) is 0. The molecule has 0 rings (SSSR count). The number of unbranched alkanes of at least 4 members (excludes halogenated alkanes) is 28. The Kier molecular flexibility index (Phi) is 71.4. The first-order valence-corrected chi connectivity index (χ1v) is 42.8. The van der Waals surface area contributed by atoms with E-state index in [4.69, 9.17) is 37.0 Å². The molecule has 17 nitrogen and oxygen atoms in total. The minimum atomic E-state index is -4.99. The summed E-state index contributed by atoms with van der Waals surface area (Å²) in [5.41, 5.74) is 0. The highest BCUT2D eigenvalue weighted by Crippen LogP contribution is 2.45. The summed E-state index contributed by atoms with van der Waals surface area (Å²) in [5.74, 6) is -2.22. The number of hydrogen-bond donors (Lipinski definition) is 3. The molecule has 0 aliphatic rings. The average molecular weight is 1470 g/mol. The summed E-state index contributed by atoms with van der Waals surface area (Å²) in [4.78, 5) is 73.0. The smallest absolute Gasteiger partial charge is 0.462 e. The minimum Gasteiger partial charge on any atom is -0.462 e. The van der Waals surface area contributed by atoms with Crippen molar-refractivity contribution in [2.24, 2.45) is 0 Å². The van der Waals surface area contributed by atoms with Gasteiger partial charge in [-0.1, -0.05) is 284 Å². The van der Waals surface area contributed by atoms with Crippen LogP contribution in [-0.4, -0.2) is 96.7 Å². The molecule has 0 aliphatic heterocycles. The molecule has 0 aromatic heterocycles. The fraction of sp³-hybridized carbons (Fsp3) is 0.711. The lowest BCUT2D eigenvalue weighted by molar-refractivity contribution is -0.161. The van der Waals surface area contributed by atoms with Crippen LogP contribution < -0.4 is 0 Å². The van der Waals surface area contributed by atoms with Gasteiger partial charge in [-0.2, -0.15) is 0 Å². The monoisotopic (exact) mass is 1470 g/mol. The van der Waals surface area contributed by atoms with E-state index in [1.165, 1.54) is 57.8 Å². The molecular weight excluding hydrogens is 1330 g/mol. The van der Waals surface area contributed by atoms with Gasteiger partial charge >= 0.3 is 39.5 Å². The maximum atomic E-state index is 13.1. The first-order chi connectivity index (χ1) is 49.7. The van der Waals surface area contributed by atoms with Gasteiger partial charge in [0.15, 0.2) is 12.2 Å². The normalized spacial score (nSPS) is 14.5. The molecule has 102 heavy (non-hydrogen) atoms. The molecule has 0 saturated heterocycles. The molecule has 0 fully saturated rings. The zero-order chi connectivity index (χ0) is 74.6. The zero-order valence-electron chi connectivity index (χ0n) is 64.0. The quantitative estimate of drug-likeness (QED) is 0.0169. The fourth-order valence-electron chi connectivity index (χ4n) is 10.4. The zero-order valence-corrected chi connectivity index (χ0v) is 65.8. The number of allylic oxidation sites excluding steroid dienone is 20. The summed E-state index contributed by atoms with van der Waals surface area (Å²) in [5, 5.41) is 10.6. The Morgan fingerprint density at radius 3 is 0.804 bits per heavy atom. The third kappa shape index (κ3) is 73.8. The summed E-state index contributed by atoms with van der Waals surface area (Å²) < 4.78 is 68.5. The predicted octanol–water partition coefficient (Wildman–Crippen LogP) is 23.1. The third-order valence-electron chi connectivity index (χ3n) is 16.4. The Morgan fingerprint density at radius 1 is 0.284 bits per heavy atom. The van der Waals surface area contributed by atoms with E-state index in [-0.39, 0.29) is 25.7 Å². The first kappa shape index (κ1) is 97.5. The van der Waals surface area contributed by atoms with E-state index in [0.717, 1.165) is 186 Å². The molecule has 0 amide bonds. The summed E-state index contributed by atoms with van der Waals surface area (Å²) in [6.07, 6.45) is 81.8. The van der Waals surface area contributed by atoms with Crippen LogP contribution in [0.3, 0.4) is 0 Å². The number of phosphoric acid groups is 2. The molecular formula is C83H142O17P2. The van der Waals surface area contributed by atoms with E-state index >= 15 is 0 Å². The maximum Gasteiger partial charge on any atom is 0.472 e. The van der Waals surface area contributed by atoms with Crippen molar-refractivity contribution in [2.75, 3.05) is 39.6 Å². The van der Waals surface area contributed by atoms with Gasteiger partial charge in [-0.3, -0.25) is 37.3 Å². The van der Waals surface area contributed by atoms with Crippen LogP contribution in [0.5, 0.6) is 0 Å². The number of esters is 4. The summed E-state index contributed by atoms with van der Waals surface area (Å²) in [7, 11) is -9.97. The van der Waals surface area contributed by atoms with Gasteiger partial charge in [0, 0.05) is 25.7 Å². The Bertz CT molecular complexity index is 2410. The number of aliphatic hydroxyl groups excluding tert-OH is 1. The van der Waals surface area contributed by atoms with E-state index in [2.05, 4.69) is 149 Å². The van der Waals surface area contributed by atoms with Crippen LogP contribution in [0.1, 0.15) is 323 Å². The van der Waals surface area contributed by atoms with Gasteiger partial charge in [-0.15, -0.1) is 0 Å². The van der Waals surface area contributed by atoms with Crippen LogP contribution in [0.2, 0.25) is 0 Å². The molecule has 0 radical (unpaired) electrons. The lowest BCUT2D eigenvalue weighted by Crippen LogP contribution is -2.30. The second-order valence-corrected chi connectivity index (χ2v) is 29.2. The Hall–Kier alpha value is -4.54. The maximum absolute atomic E-state index is 13.1. The highest BCUT2D eigenvalue weighted by atomic mass is 31.2. The number of aliphatic hydroxyl groups is 1. The molecule has 0 bridgehead atoms. The number of hydrogen-bond acceptors (Lipinski definition) is 15. The highest BCUT2D eigenvalue weighted by molar-refractivity contribution is 7.47. The van der Waals surface area contributed by atoms with Crippen LogP contribution in [0.15, 0.2) is 122 Å². The lowest BCUT2D eigenvalue weighted by Gasteiger charge is -2.21. The van der Waals surface area contributed by atoms with Crippen LogP contribution in [0.25, 0.3) is 0 Å². The van der Waals surface area contributed by atoms with Crippen molar-refractivity contribution in [2.45, 2.75) is 341 Å². The third-order valence-corrected chi connectivity index (χ3v) is 18.3. The van der Waals surface area contributed by atoms with Crippen molar-refractivity contribution in [3.63, 3.8) is 0 Å². The summed E-state index contributed by atoms with van der Waals surface area (Å²) >= 11 is 0. The molecule has 5 unspecified atom stereocenters. The van der Waals surface area contributed by atoms with Crippen LogP contribution in [0, 0.1) is 0 Å². The van der Waals surface area contributed by atoms with E-state index in [1.807, 2.05) is 0 Å². The number of carbonyl (C=O) groups is 4. The van der Waals surface area contributed by atoms with Gasteiger partial charge in [0.1, 0.15) is 19.3 Å². The van der Waals surface area contributed by atoms with Crippen molar-refractivity contribution in [1.82, 2.24) is 0 Å². The van der Waals surface area contributed by atoms with Gasteiger partial charge in [0.2, 0.25) is 0 Å². The lowest BCUT2D eigenvalue weighted by atomic mass is 10.1. The van der Waals surface area contributed by atoms with Crippen molar-refractivity contribution >= 4 is 39.5 Å². The Labute approximate surface area is 619 Å². The van der Waals surface area contributed by atoms with Crippen molar-refractivity contribution < 1.29 is 80.2 Å². The van der Waals surface area contributed by atoms with Crippen molar-refractivity contribution in [3.8, 4) is 0 Å². The number of ether oxygens (including phenoxy) is 4. The van der Waals surface area contributed by atoms with Gasteiger partial charge in [-0.25, -0.2) is 9.13 Å². The summed E-state index contributed by atoms with van der Waals surface area (Å²) in [6.45, 7) is 4.58. The Morgan fingerprint density at radius 2 is 0.510 bits per heavy atom. The number of carbonyl (C=O) groups excluding carboxylic acids is 4. The van der Waals surface area contributed by atoms with Gasteiger partial charge in [0.05, 0.1) is 26.4 Å². The van der Waals surface area contributed by atoms with Crippen LogP contribution in [-0.2, 0) is 65.4 Å². The van der Waals surface area contributed by atoms with Crippen molar-refractivity contribution in [3.05, 3.63) is 122 Å². The molecule has 0 heterocycles. The molecule has 3 N–H and O–H groups in total. The van der Waals surface area contributed by atoms with Gasteiger partial charge in [0.25, 0.3) is 0 Å². The second kappa shape index (κ2) is 74.7. The number of phosphoric ester groups is 2. The SMILES string of the molecule is CC/C=C\C/C=C\C/C=C\C/C=C\CCCCCCCCC(=O)OCC(COP(=O)(O)OCC(O)COP(=O)(O)OCC(COC(=O)CCCCCC/C=C\C/C=C\C/C=C\C/C=C\CC)OC(=O)CCCCCCC/C=C\C/C=C\CCCCC)OC(=O)CCCCCCCCCCCCC. The predicted molar refractivity (Wildman–Crippen MR) is 418 cm³/mol. The van der Waals surface area contributed by atoms with Crippen LogP contribution in [0.4, 0.5) is 0 Å². The number of rotatable bonds is 74. The first-order valence-electron chi connectivity index (χ1n) is 39.8. The van der Waals surface area contributed by atoms with Gasteiger partial charge < -0.3 is 33.8 Å². The fourth-order valence-corrected chi connectivity index (χ4v) is 12.0.